The lowest BCUT2D eigenvalue weighted by Gasteiger charge is -2.15. The Kier molecular flexibility index (Phi) is 2.99. The van der Waals surface area contributed by atoms with E-state index in [1.807, 2.05) is 25.1 Å². The van der Waals surface area contributed by atoms with Crippen LogP contribution in [0.4, 0.5) is 16.2 Å². The molecule has 1 aliphatic rings. The molecular weight excluding hydrogens is 202 g/mol. The van der Waals surface area contributed by atoms with Gasteiger partial charge in [-0.15, -0.1) is 0 Å². The lowest BCUT2D eigenvalue weighted by Crippen LogP contribution is -2.30. The fourth-order valence-electron chi connectivity index (χ4n) is 1.75. The Morgan fingerprint density at radius 1 is 1.56 bits per heavy atom. The summed E-state index contributed by atoms with van der Waals surface area (Å²) in [7, 11) is 1.78. The van der Waals surface area contributed by atoms with Crippen LogP contribution in [0.25, 0.3) is 0 Å². The summed E-state index contributed by atoms with van der Waals surface area (Å²) in [6, 6.07) is 5.92. The average molecular weight is 219 g/mol. The molecule has 2 amide bonds. The molecule has 1 heterocycles. The van der Waals surface area contributed by atoms with Gasteiger partial charge in [0.1, 0.15) is 0 Å². The molecule has 0 bridgehead atoms. The molecule has 2 N–H and O–H groups in total. The Morgan fingerprint density at radius 3 is 3.12 bits per heavy atom. The van der Waals surface area contributed by atoms with Crippen LogP contribution < -0.4 is 10.6 Å². The van der Waals surface area contributed by atoms with E-state index in [9.17, 15) is 4.79 Å². The Morgan fingerprint density at radius 2 is 2.38 bits per heavy atom. The summed E-state index contributed by atoms with van der Waals surface area (Å²) < 4.78 is 0. The molecule has 86 valence electrons. The number of carbonyl (C=O) groups excluding carboxylic acids is 1. The molecule has 0 aliphatic carbocycles. The van der Waals surface area contributed by atoms with E-state index in [2.05, 4.69) is 10.6 Å². The number of urea groups is 1. The van der Waals surface area contributed by atoms with Gasteiger partial charge in [-0.05, 0) is 37.1 Å². The smallest absolute Gasteiger partial charge is 0.321 e. The number of hydrogen-bond donors (Lipinski definition) is 2. The number of rotatable bonds is 2. The third kappa shape index (κ3) is 2.10. The Bertz CT molecular complexity index is 403. The molecule has 0 fully saturated rings. The second kappa shape index (κ2) is 4.43. The third-order valence-electron chi connectivity index (χ3n) is 2.89. The molecule has 1 aromatic carbocycles. The monoisotopic (exact) mass is 219 g/mol. The van der Waals surface area contributed by atoms with Crippen molar-refractivity contribution in [1.29, 1.82) is 0 Å². The highest BCUT2D eigenvalue weighted by atomic mass is 16.2. The first kappa shape index (κ1) is 10.8. The average Bonchev–Trinajstić information content (AvgIpc) is 2.75. The van der Waals surface area contributed by atoms with Gasteiger partial charge in [0.25, 0.3) is 0 Å². The van der Waals surface area contributed by atoms with E-state index in [-0.39, 0.29) is 6.03 Å². The first-order valence-electron chi connectivity index (χ1n) is 5.59. The topological polar surface area (TPSA) is 44.4 Å². The zero-order valence-electron chi connectivity index (χ0n) is 9.71. The van der Waals surface area contributed by atoms with E-state index in [1.54, 1.807) is 11.9 Å². The minimum Gasteiger partial charge on any atom is -0.384 e. The first-order chi connectivity index (χ1) is 7.70. The summed E-state index contributed by atoms with van der Waals surface area (Å²) >= 11 is 0. The molecule has 1 aromatic rings. The number of amides is 2. The fourth-order valence-corrected chi connectivity index (χ4v) is 1.75. The highest BCUT2D eigenvalue weighted by Crippen LogP contribution is 2.25. The summed E-state index contributed by atoms with van der Waals surface area (Å²) in [6.07, 6.45) is 1.03. The number of nitrogens with zero attached hydrogens (tertiary/aromatic N) is 1. The predicted molar refractivity (Wildman–Crippen MR) is 66.0 cm³/mol. The third-order valence-corrected chi connectivity index (χ3v) is 2.89. The van der Waals surface area contributed by atoms with Crippen LogP contribution in [0.3, 0.4) is 0 Å². The van der Waals surface area contributed by atoms with Crippen molar-refractivity contribution in [2.24, 2.45) is 0 Å². The standard InChI is InChI=1S/C12H17N3O/c1-3-15(2)12(16)14-10-4-5-11-9(8-10)6-7-13-11/h4-5,8,13H,3,6-7H2,1-2H3,(H,14,16). The number of hydrogen-bond acceptors (Lipinski definition) is 2. The van der Waals surface area contributed by atoms with Crippen molar-refractivity contribution in [3.8, 4) is 0 Å². The van der Waals surface area contributed by atoms with Crippen LogP contribution in [-0.4, -0.2) is 31.1 Å². The maximum atomic E-state index is 11.6. The lowest BCUT2D eigenvalue weighted by atomic mass is 10.1. The van der Waals surface area contributed by atoms with Gasteiger partial charge in [0, 0.05) is 31.5 Å². The molecule has 0 saturated carbocycles. The number of fused-ring (bicyclic) bond motifs is 1. The fraction of sp³-hybridized carbons (Fsp3) is 0.417. The van der Waals surface area contributed by atoms with Gasteiger partial charge in [0.15, 0.2) is 0 Å². The van der Waals surface area contributed by atoms with E-state index < -0.39 is 0 Å². The van der Waals surface area contributed by atoms with Gasteiger partial charge >= 0.3 is 6.03 Å². The highest BCUT2D eigenvalue weighted by molar-refractivity contribution is 5.89. The lowest BCUT2D eigenvalue weighted by molar-refractivity contribution is 0.224. The second-order valence-corrected chi connectivity index (χ2v) is 3.99. The van der Waals surface area contributed by atoms with E-state index in [0.717, 1.165) is 18.7 Å². The van der Waals surface area contributed by atoms with Crippen LogP contribution in [-0.2, 0) is 6.42 Å². The van der Waals surface area contributed by atoms with Gasteiger partial charge < -0.3 is 15.5 Å². The molecule has 4 nitrogen and oxygen atoms in total. The summed E-state index contributed by atoms with van der Waals surface area (Å²) in [6.45, 7) is 3.64. The summed E-state index contributed by atoms with van der Waals surface area (Å²) in [5, 5.41) is 6.17. The van der Waals surface area contributed by atoms with Gasteiger partial charge in [-0.25, -0.2) is 4.79 Å². The van der Waals surface area contributed by atoms with Crippen molar-refractivity contribution >= 4 is 17.4 Å². The van der Waals surface area contributed by atoms with Crippen molar-refractivity contribution in [3.63, 3.8) is 0 Å². The predicted octanol–water partition coefficient (Wildman–Crippen LogP) is 2.14. The van der Waals surface area contributed by atoms with E-state index in [1.165, 1.54) is 11.3 Å². The second-order valence-electron chi connectivity index (χ2n) is 3.99. The molecular formula is C12H17N3O. The van der Waals surface area contributed by atoms with Gasteiger partial charge in [-0.2, -0.15) is 0 Å². The van der Waals surface area contributed by atoms with E-state index in [0.29, 0.717) is 6.54 Å². The Balaban J connectivity index is 2.08. The van der Waals surface area contributed by atoms with Crippen LogP contribution in [0.15, 0.2) is 18.2 Å². The minimum atomic E-state index is -0.0617. The maximum absolute atomic E-state index is 11.6. The number of anilines is 2. The highest BCUT2D eigenvalue weighted by Gasteiger charge is 2.12. The van der Waals surface area contributed by atoms with Crippen LogP contribution in [0, 0.1) is 0 Å². The molecule has 0 unspecified atom stereocenters. The molecule has 1 aliphatic heterocycles. The molecule has 0 atom stereocenters. The Labute approximate surface area is 95.6 Å². The van der Waals surface area contributed by atoms with Gasteiger partial charge in [-0.1, -0.05) is 0 Å². The van der Waals surface area contributed by atoms with Gasteiger partial charge in [0.2, 0.25) is 0 Å². The molecule has 0 radical (unpaired) electrons. The van der Waals surface area contributed by atoms with Crippen LogP contribution in [0.2, 0.25) is 0 Å². The quantitative estimate of drug-likeness (QED) is 0.800. The Hall–Kier alpha value is -1.71. The molecule has 16 heavy (non-hydrogen) atoms. The molecule has 0 aromatic heterocycles. The summed E-state index contributed by atoms with van der Waals surface area (Å²) in [5.74, 6) is 0. The van der Waals surface area contributed by atoms with Gasteiger partial charge in [-0.3, -0.25) is 0 Å². The minimum absolute atomic E-state index is 0.0617. The van der Waals surface area contributed by atoms with Crippen LogP contribution in [0.1, 0.15) is 12.5 Å². The number of carbonyl (C=O) groups is 1. The molecule has 2 rings (SSSR count). The summed E-state index contributed by atoms with van der Waals surface area (Å²) in [4.78, 5) is 13.3. The van der Waals surface area contributed by atoms with Crippen molar-refractivity contribution < 1.29 is 4.79 Å². The SMILES string of the molecule is CCN(C)C(=O)Nc1ccc2c(c1)CCN2. The molecule has 0 spiro atoms. The van der Waals surface area contributed by atoms with Crippen molar-refractivity contribution in [1.82, 2.24) is 4.90 Å². The molecule has 4 heteroatoms. The van der Waals surface area contributed by atoms with E-state index in [4.69, 9.17) is 0 Å². The normalized spacial score (nSPS) is 12.9. The largest absolute Gasteiger partial charge is 0.384 e. The zero-order chi connectivity index (χ0) is 11.5. The summed E-state index contributed by atoms with van der Waals surface area (Å²) in [5.41, 5.74) is 3.33. The first-order valence-corrected chi connectivity index (χ1v) is 5.59. The van der Waals surface area contributed by atoms with Crippen LogP contribution >= 0.6 is 0 Å². The number of benzene rings is 1. The van der Waals surface area contributed by atoms with Crippen LogP contribution in [0.5, 0.6) is 0 Å². The molecule has 0 saturated heterocycles. The van der Waals surface area contributed by atoms with Gasteiger partial charge in [0.05, 0.1) is 0 Å². The zero-order valence-corrected chi connectivity index (χ0v) is 9.71. The number of nitrogens with one attached hydrogen (secondary N) is 2. The van der Waals surface area contributed by atoms with E-state index >= 15 is 0 Å². The van der Waals surface area contributed by atoms with Crippen molar-refractivity contribution in [2.45, 2.75) is 13.3 Å². The van der Waals surface area contributed by atoms with Crippen molar-refractivity contribution in [3.05, 3.63) is 23.8 Å². The van der Waals surface area contributed by atoms with Crippen molar-refractivity contribution in [2.75, 3.05) is 30.8 Å². The maximum Gasteiger partial charge on any atom is 0.321 e.